The molecular weight excluding hydrogens is 490 g/mol. The van der Waals surface area contributed by atoms with E-state index in [4.69, 9.17) is 0 Å². The third kappa shape index (κ3) is 7.85. The number of nitrogens with zero attached hydrogens (tertiary/aromatic N) is 3. The molecule has 0 bridgehead atoms. The van der Waals surface area contributed by atoms with E-state index in [0.717, 1.165) is 40.8 Å². The largest absolute Gasteiger partial charge is 0.465 e. The van der Waals surface area contributed by atoms with Gasteiger partial charge in [0.15, 0.2) is 0 Å². The maximum Gasteiger partial charge on any atom is 0.408 e. The van der Waals surface area contributed by atoms with Crippen molar-refractivity contribution in [2.75, 3.05) is 6.54 Å². The summed E-state index contributed by atoms with van der Waals surface area (Å²) in [6.45, 7) is 9.97. The van der Waals surface area contributed by atoms with Crippen LogP contribution in [0.5, 0.6) is 0 Å². The monoisotopic (exact) mass is 528 g/mol. The summed E-state index contributed by atoms with van der Waals surface area (Å²) in [5.41, 5.74) is 2.56. The SMILES string of the molecule is CC(C)Cc1ccc(-n2ccnc2)c(CNC[C@@H](O)[C@H](Cc2cc(F)cc(F)c2)N(C(=O)O)C(C)(C)C)c1. The van der Waals surface area contributed by atoms with E-state index in [0.29, 0.717) is 12.5 Å². The van der Waals surface area contributed by atoms with Crippen molar-refractivity contribution in [2.24, 2.45) is 5.92 Å². The summed E-state index contributed by atoms with van der Waals surface area (Å²) >= 11 is 0. The number of nitrogens with one attached hydrogen (secondary N) is 1. The first-order chi connectivity index (χ1) is 17.8. The first-order valence-electron chi connectivity index (χ1n) is 12.8. The molecular formula is C29H38F2N4O3. The summed E-state index contributed by atoms with van der Waals surface area (Å²) in [5.74, 6) is -1.01. The molecule has 0 aliphatic heterocycles. The number of rotatable bonds is 11. The number of aliphatic hydroxyl groups is 1. The predicted molar refractivity (Wildman–Crippen MR) is 143 cm³/mol. The number of carboxylic acid groups (broad SMARTS) is 1. The smallest absolute Gasteiger partial charge is 0.408 e. The average Bonchev–Trinajstić information content (AvgIpc) is 3.31. The van der Waals surface area contributed by atoms with E-state index in [-0.39, 0.29) is 18.5 Å². The Morgan fingerprint density at radius 1 is 1.08 bits per heavy atom. The Hall–Kier alpha value is -3.30. The van der Waals surface area contributed by atoms with Crippen LogP contribution in [-0.2, 0) is 19.4 Å². The lowest BCUT2D eigenvalue weighted by Crippen LogP contribution is -2.58. The Kier molecular flexibility index (Phi) is 9.62. The van der Waals surface area contributed by atoms with Crippen molar-refractivity contribution >= 4 is 6.09 Å². The van der Waals surface area contributed by atoms with Crippen LogP contribution >= 0.6 is 0 Å². The number of hydrogen-bond acceptors (Lipinski definition) is 4. The van der Waals surface area contributed by atoms with E-state index in [9.17, 15) is 23.8 Å². The summed E-state index contributed by atoms with van der Waals surface area (Å²) in [4.78, 5) is 17.5. The highest BCUT2D eigenvalue weighted by Gasteiger charge is 2.37. The van der Waals surface area contributed by atoms with Crippen molar-refractivity contribution in [1.82, 2.24) is 19.8 Å². The number of halogens is 2. The molecule has 0 saturated heterocycles. The Morgan fingerprint density at radius 3 is 2.32 bits per heavy atom. The summed E-state index contributed by atoms with van der Waals surface area (Å²) in [5, 5.41) is 24.5. The van der Waals surface area contributed by atoms with E-state index in [2.05, 4.69) is 36.3 Å². The number of aliphatic hydroxyl groups excluding tert-OH is 1. The van der Waals surface area contributed by atoms with Gasteiger partial charge in [-0.15, -0.1) is 0 Å². The van der Waals surface area contributed by atoms with Crippen LogP contribution in [0.15, 0.2) is 55.1 Å². The second-order valence-corrected chi connectivity index (χ2v) is 11.1. The fraction of sp³-hybridized carbons (Fsp3) is 0.448. The number of carbonyl (C=O) groups is 1. The van der Waals surface area contributed by atoms with Gasteiger partial charge in [-0.2, -0.15) is 0 Å². The molecule has 206 valence electrons. The average molecular weight is 529 g/mol. The second-order valence-electron chi connectivity index (χ2n) is 11.1. The van der Waals surface area contributed by atoms with Crippen LogP contribution in [0.4, 0.5) is 13.6 Å². The molecule has 0 aliphatic carbocycles. The third-order valence-corrected chi connectivity index (χ3v) is 6.31. The molecule has 38 heavy (non-hydrogen) atoms. The molecule has 3 aromatic rings. The number of amides is 1. The van der Waals surface area contributed by atoms with Crippen LogP contribution in [0.3, 0.4) is 0 Å². The Morgan fingerprint density at radius 2 is 1.76 bits per heavy atom. The van der Waals surface area contributed by atoms with Gasteiger partial charge < -0.3 is 20.1 Å². The van der Waals surface area contributed by atoms with Crippen molar-refractivity contribution in [3.8, 4) is 5.69 Å². The van der Waals surface area contributed by atoms with Crippen LogP contribution in [-0.4, -0.2) is 55.0 Å². The van der Waals surface area contributed by atoms with E-state index < -0.39 is 35.4 Å². The van der Waals surface area contributed by atoms with Gasteiger partial charge in [0.25, 0.3) is 0 Å². The molecule has 1 aromatic heterocycles. The zero-order valence-electron chi connectivity index (χ0n) is 22.7. The molecule has 3 N–H and O–H groups in total. The van der Waals surface area contributed by atoms with Gasteiger partial charge in [0, 0.05) is 37.1 Å². The summed E-state index contributed by atoms with van der Waals surface area (Å²) in [6, 6.07) is 8.41. The lowest BCUT2D eigenvalue weighted by Gasteiger charge is -2.42. The second kappa shape index (κ2) is 12.5. The van der Waals surface area contributed by atoms with Crippen LogP contribution < -0.4 is 5.32 Å². The molecule has 2 atom stereocenters. The molecule has 0 unspecified atom stereocenters. The highest BCUT2D eigenvalue weighted by Crippen LogP contribution is 2.24. The predicted octanol–water partition coefficient (Wildman–Crippen LogP) is 5.19. The number of aromatic nitrogens is 2. The molecule has 0 fully saturated rings. The summed E-state index contributed by atoms with van der Waals surface area (Å²) in [6.07, 6.45) is 3.79. The lowest BCUT2D eigenvalue weighted by molar-refractivity contribution is 0.00766. The summed E-state index contributed by atoms with van der Waals surface area (Å²) in [7, 11) is 0. The minimum absolute atomic E-state index is 0.0503. The molecule has 0 spiro atoms. The zero-order chi connectivity index (χ0) is 28.0. The van der Waals surface area contributed by atoms with Crippen LogP contribution in [0.2, 0.25) is 0 Å². The molecule has 0 radical (unpaired) electrons. The minimum atomic E-state index is -1.22. The van der Waals surface area contributed by atoms with Crippen molar-refractivity contribution in [1.29, 1.82) is 0 Å². The van der Waals surface area contributed by atoms with Gasteiger partial charge in [-0.1, -0.05) is 26.0 Å². The van der Waals surface area contributed by atoms with Crippen LogP contribution in [0.25, 0.3) is 5.69 Å². The van der Waals surface area contributed by atoms with Crippen molar-refractivity contribution in [3.63, 3.8) is 0 Å². The molecule has 0 saturated carbocycles. The molecule has 2 aromatic carbocycles. The molecule has 9 heteroatoms. The Bertz CT molecular complexity index is 1190. The molecule has 0 aliphatic rings. The number of imidazole rings is 1. The van der Waals surface area contributed by atoms with Gasteiger partial charge in [-0.3, -0.25) is 4.90 Å². The molecule has 1 amide bonds. The van der Waals surface area contributed by atoms with Crippen LogP contribution in [0.1, 0.15) is 51.3 Å². The van der Waals surface area contributed by atoms with Crippen molar-refractivity contribution < 1.29 is 23.8 Å². The van der Waals surface area contributed by atoms with E-state index in [1.165, 1.54) is 5.56 Å². The Labute approximate surface area is 223 Å². The topological polar surface area (TPSA) is 90.6 Å². The number of benzene rings is 2. The minimum Gasteiger partial charge on any atom is -0.465 e. The van der Waals surface area contributed by atoms with Gasteiger partial charge in [-0.05, 0) is 74.4 Å². The zero-order valence-corrected chi connectivity index (χ0v) is 22.7. The first-order valence-corrected chi connectivity index (χ1v) is 12.8. The van der Waals surface area contributed by atoms with Gasteiger partial charge in [0.05, 0.1) is 24.2 Å². The van der Waals surface area contributed by atoms with Gasteiger partial charge in [-0.25, -0.2) is 18.6 Å². The maximum absolute atomic E-state index is 13.9. The highest BCUT2D eigenvalue weighted by atomic mass is 19.1. The van der Waals surface area contributed by atoms with E-state index in [1.54, 1.807) is 33.3 Å². The lowest BCUT2D eigenvalue weighted by atomic mass is 9.94. The van der Waals surface area contributed by atoms with Crippen molar-refractivity contribution in [3.05, 3.63) is 83.4 Å². The molecule has 7 nitrogen and oxygen atoms in total. The Balaban J connectivity index is 1.83. The normalized spacial score (nSPS) is 13.5. The number of hydrogen-bond donors (Lipinski definition) is 3. The van der Waals surface area contributed by atoms with Crippen LogP contribution in [0, 0.1) is 17.6 Å². The maximum atomic E-state index is 13.9. The van der Waals surface area contributed by atoms with Crippen molar-refractivity contribution in [2.45, 2.75) is 71.7 Å². The van der Waals surface area contributed by atoms with E-state index >= 15 is 0 Å². The van der Waals surface area contributed by atoms with Gasteiger partial charge in [0.1, 0.15) is 11.6 Å². The first kappa shape index (κ1) is 29.3. The standard InChI is InChI=1S/C29H38F2N4O3/c1-19(2)10-20-6-7-25(34-9-8-32-18-34)22(11-20)16-33-17-27(36)26(35(28(37)38)29(3,4)5)14-21-12-23(30)15-24(31)13-21/h6-9,11-13,15,18-19,26-27,33,36H,10,14,16-17H2,1-5H3,(H,37,38)/t26-,27+/m0/s1. The highest BCUT2D eigenvalue weighted by molar-refractivity contribution is 5.66. The quantitative estimate of drug-likeness (QED) is 0.319. The fourth-order valence-electron chi connectivity index (χ4n) is 4.82. The van der Waals surface area contributed by atoms with Gasteiger partial charge >= 0.3 is 6.09 Å². The molecule has 1 heterocycles. The third-order valence-electron chi connectivity index (χ3n) is 6.31. The molecule has 3 rings (SSSR count). The van der Waals surface area contributed by atoms with E-state index in [1.807, 2.05) is 16.8 Å². The van der Waals surface area contributed by atoms with Gasteiger partial charge in [0.2, 0.25) is 0 Å². The summed E-state index contributed by atoms with van der Waals surface area (Å²) < 4.78 is 29.7. The fourth-order valence-corrected chi connectivity index (χ4v) is 4.82.